The van der Waals surface area contributed by atoms with Gasteiger partial charge in [-0.3, -0.25) is 0 Å². The van der Waals surface area contributed by atoms with Gasteiger partial charge in [-0.2, -0.15) is 0 Å². The maximum absolute atomic E-state index is 6.20. The van der Waals surface area contributed by atoms with Gasteiger partial charge >= 0.3 is 0 Å². The highest BCUT2D eigenvalue weighted by molar-refractivity contribution is 6.31. The third kappa shape index (κ3) is 2.72. The van der Waals surface area contributed by atoms with E-state index in [2.05, 4.69) is 24.4 Å². The van der Waals surface area contributed by atoms with Crippen molar-refractivity contribution in [3.63, 3.8) is 0 Å². The third-order valence-electron chi connectivity index (χ3n) is 3.43. The van der Waals surface area contributed by atoms with E-state index >= 15 is 0 Å². The molecule has 2 aromatic carbocycles. The first kappa shape index (κ1) is 13.2. The minimum Gasteiger partial charge on any atom is -0.460 e. The molecule has 0 saturated heterocycles. The highest BCUT2D eigenvalue weighted by Crippen LogP contribution is 2.23. The zero-order valence-electron chi connectivity index (χ0n) is 11.3. The third-order valence-corrected chi connectivity index (χ3v) is 3.77. The lowest BCUT2D eigenvalue weighted by Gasteiger charge is -2.14. The van der Waals surface area contributed by atoms with E-state index in [-0.39, 0.29) is 6.04 Å². The SMILES string of the molecule is C[C@@H](NCc1cc2ccccc2o1)c1ccccc1Cl. The molecule has 2 nitrogen and oxygen atoms in total. The van der Waals surface area contributed by atoms with Gasteiger partial charge in [-0.1, -0.05) is 48.0 Å². The second-order valence-corrected chi connectivity index (χ2v) is 5.28. The second-order valence-electron chi connectivity index (χ2n) is 4.87. The van der Waals surface area contributed by atoms with E-state index in [1.807, 2.05) is 42.5 Å². The molecule has 1 atom stereocenters. The lowest BCUT2D eigenvalue weighted by atomic mass is 10.1. The van der Waals surface area contributed by atoms with Crippen LogP contribution in [-0.2, 0) is 6.54 Å². The average molecular weight is 286 g/mol. The minimum absolute atomic E-state index is 0.178. The van der Waals surface area contributed by atoms with Crippen LogP contribution in [0.25, 0.3) is 11.0 Å². The van der Waals surface area contributed by atoms with Crippen molar-refractivity contribution in [1.29, 1.82) is 0 Å². The number of fused-ring (bicyclic) bond motifs is 1. The molecule has 0 radical (unpaired) electrons. The molecule has 102 valence electrons. The Labute approximate surface area is 123 Å². The fourth-order valence-electron chi connectivity index (χ4n) is 2.31. The molecule has 0 aliphatic heterocycles. The van der Waals surface area contributed by atoms with Gasteiger partial charge < -0.3 is 9.73 Å². The van der Waals surface area contributed by atoms with E-state index in [1.54, 1.807) is 0 Å². The fourth-order valence-corrected chi connectivity index (χ4v) is 2.61. The summed E-state index contributed by atoms with van der Waals surface area (Å²) in [6.07, 6.45) is 0. The predicted octanol–water partition coefficient (Wildman–Crippen LogP) is 4.94. The monoisotopic (exact) mass is 285 g/mol. The first-order valence-electron chi connectivity index (χ1n) is 6.69. The lowest BCUT2D eigenvalue weighted by Crippen LogP contribution is -2.18. The molecule has 3 aromatic rings. The highest BCUT2D eigenvalue weighted by atomic mass is 35.5. The summed E-state index contributed by atoms with van der Waals surface area (Å²) in [6.45, 7) is 2.78. The minimum atomic E-state index is 0.178. The number of halogens is 1. The van der Waals surface area contributed by atoms with Crippen molar-refractivity contribution in [1.82, 2.24) is 5.32 Å². The normalized spacial score (nSPS) is 12.7. The highest BCUT2D eigenvalue weighted by Gasteiger charge is 2.10. The molecular weight excluding hydrogens is 270 g/mol. The van der Waals surface area contributed by atoms with Gasteiger partial charge in [0, 0.05) is 16.5 Å². The molecule has 1 aromatic heterocycles. The van der Waals surface area contributed by atoms with Crippen LogP contribution in [0.15, 0.2) is 59.0 Å². The standard InChI is InChI=1S/C17H16ClNO/c1-12(15-7-3-4-8-16(15)18)19-11-14-10-13-6-2-5-9-17(13)20-14/h2-10,12,19H,11H2,1H3/t12-/m1/s1. The van der Waals surface area contributed by atoms with Crippen molar-refractivity contribution in [2.24, 2.45) is 0 Å². The van der Waals surface area contributed by atoms with Crippen LogP contribution in [-0.4, -0.2) is 0 Å². The molecule has 0 bridgehead atoms. The summed E-state index contributed by atoms with van der Waals surface area (Å²) in [4.78, 5) is 0. The lowest BCUT2D eigenvalue weighted by molar-refractivity contribution is 0.482. The molecule has 20 heavy (non-hydrogen) atoms. The molecule has 0 saturated carbocycles. The van der Waals surface area contributed by atoms with Crippen LogP contribution in [0.1, 0.15) is 24.3 Å². The molecule has 0 aliphatic carbocycles. The van der Waals surface area contributed by atoms with Crippen LogP contribution in [0.3, 0.4) is 0 Å². The Hall–Kier alpha value is -1.77. The molecule has 0 fully saturated rings. The zero-order chi connectivity index (χ0) is 13.9. The summed E-state index contributed by atoms with van der Waals surface area (Å²) >= 11 is 6.20. The summed E-state index contributed by atoms with van der Waals surface area (Å²) in [7, 11) is 0. The number of hydrogen-bond acceptors (Lipinski definition) is 2. The first-order chi connectivity index (χ1) is 9.74. The van der Waals surface area contributed by atoms with Crippen LogP contribution in [0, 0.1) is 0 Å². The molecule has 0 amide bonds. The number of hydrogen-bond donors (Lipinski definition) is 1. The molecule has 0 unspecified atom stereocenters. The maximum atomic E-state index is 6.20. The van der Waals surface area contributed by atoms with Crippen LogP contribution in [0.5, 0.6) is 0 Å². The Morgan fingerprint density at radius 3 is 2.65 bits per heavy atom. The van der Waals surface area contributed by atoms with Crippen LogP contribution < -0.4 is 5.32 Å². The Kier molecular flexibility index (Phi) is 3.77. The van der Waals surface area contributed by atoms with Crippen molar-refractivity contribution < 1.29 is 4.42 Å². The summed E-state index contributed by atoms with van der Waals surface area (Å²) in [6, 6.07) is 18.2. The van der Waals surface area contributed by atoms with E-state index in [0.29, 0.717) is 6.54 Å². The Morgan fingerprint density at radius 2 is 1.85 bits per heavy atom. The van der Waals surface area contributed by atoms with Crippen molar-refractivity contribution in [3.05, 3.63) is 70.9 Å². The van der Waals surface area contributed by atoms with Gasteiger partial charge in [-0.25, -0.2) is 0 Å². The summed E-state index contributed by atoms with van der Waals surface area (Å²) in [5, 5.41) is 5.36. The first-order valence-corrected chi connectivity index (χ1v) is 7.07. The van der Waals surface area contributed by atoms with Gasteiger partial charge in [0.15, 0.2) is 0 Å². The zero-order valence-corrected chi connectivity index (χ0v) is 12.0. The quantitative estimate of drug-likeness (QED) is 0.735. The van der Waals surface area contributed by atoms with Crippen LogP contribution in [0.2, 0.25) is 5.02 Å². The summed E-state index contributed by atoms with van der Waals surface area (Å²) < 4.78 is 5.79. The molecule has 3 rings (SSSR count). The van der Waals surface area contributed by atoms with Crippen molar-refractivity contribution in [3.8, 4) is 0 Å². The van der Waals surface area contributed by atoms with Crippen molar-refractivity contribution in [2.75, 3.05) is 0 Å². The molecule has 1 heterocycles. The van der Waals surface area contributed by atoms with Crippen molar-refractivity contribution >= 4 is 22.6 Å². The van der Waals surface area contributed by atoms with Gasteiger partial charge in [0.25, 0.3) is 0 Å². The second kappa shape index (κ2) is 5.70. The fraction of sp³-hybridized carbons (Fsp3) is 0.176. The van der Waals surface area contributed by atoms with Gasteiger partial charge in [0.05, 0.1) is 6.54 Å². The van der Waals surface area contributed by atoms with E-state index in [4.69, 9.17) is 16.0 Å². The Balaban J connectivity index is 1.71. The number of nitrogens with one attached hydrogen (secondary N) is 1. The van der Waals surface area contributed by atoms with E-state index < -0.39 is 0 Å². The van der Waals surface area contributed by atoms with Crippen molar-refractivity contribution in [2.45, 2.75) is 19.5 Å². The molecular formula is C17H16ClNO. The topological polar surface area (TPSA) is 25.2 Å². The molecule has 1 N–H and O–H groups in total. The average Bonchev–Trinajstić information content (AvgIpc) is 2.88. The summed E-state index contributed by atoms with van der Waals surface area (Å²) in [5.74, 6) is 0.935. The van der Waals surface area contributed by atoms with Crippen LogP contribution >= 0.6 is 11.6 Å². The van der Waals surface area contributed by atoms with E-state index in [9.17, 15) is 0 Å². The molecule has 0 aliphatic rings. The van der Waals surface area contributed by atoms with E-state index in [0.717, 1.165) is 27.3 Å². The molecule has 0 spiro atoms. The van der Waals surface area contributed by atoms with Gasteiger partial charge in [0.1, 0.15) is 11.3 Å². The number of furan rings is 1. The molecule has 3 heteroatoms. The number of para-hydroxylation sites is 1. The van der Waals surface area contributed by atoms with Gasteiger partial charge in [0.2, 0.25) is 0 Å². The van der Waals surface area contributed by atoms with Gasteiger partial charge in [-0.05, 0) is 30.7 Å². The maximum Gasteiger partial charge on any atom is 0.134 e. The van der Waals surface area contributed by atoms with Crippen LogP contribution in [0.4, 0.5) is 0 Å². The number of rotatable bonds is 4. The van der Waals surface area contributed by atoms with Gasteiger partial charge in [-0.15, -0.1) is 0 Å². The summed E-state index contributed by atoms with van der Waals surface area (Å²) in [5.41, 5.74) is 2.03. The largest absolute Gasteiger partial charge is 0.460 e. The number of benzene rings is 2. The smallest absolute Gasteiger partial charge is 0.134 e. The Bertz CT molecular complexity index is 687. The predicted molar refractivity (Wildman–Crippen MR) is 82.9 cm³/mol. The Morgan fingerprint density at radius 1 is 1.10 bits per heavy atom. The van der Waals surface area contributed by atoms with E-state index in [1.165, 1.54) is 0 Å².